The quantitative estimate of drug-likeness (QED) is 0.496. The van der Waals surface area contributed by atoms with Crippen LogP contribution in [0.5, 0.6) is 0 Å². The summed E-state index contributed by atoms with van der Waals surface area (Å²) < 4.78 is 5.11. The van der Waals surface area contributed by atoms with E-state index in [9.17, 15) is 24.6 Å². The Morgan fingerprint density at radius 1 is 0.920 bits per heavy atom. The molecule has 1 aliphatic rings. The van der Waals surface area contributed by atoms with Gasteiger partial charge in [0, 0.05) is 5.92 Å². The Bertz CT molecular complexity index is 501. The fourth-order valence-corrected chi connectivity index (χ4v) is 2.83. The van der Waals surface area contributed by atoms with Gasteiger partial charge in [0.2, 0.25) is 11.8 Å². The zero-order valence-electron chi connectivity index (χ0n) is 15.6. The van der Waals surface area contributed by atoms with Crippen LogP contribution in [0, 0.1) is 23.7 Å². The van der Waals surface area contributed by atoms with Gasteiger partial charge >= 0.3 is 5.97 Å². The molecule has 1 rings (SSSR count). The highest BCUT2D eigenvalue weighted by Gasteiger charge is 2.48. The van der Waals surface area contributed by atoms with Crippen molar-refractivity contribution in [1.82, 2.24) is 10.6 Å². The predicted molar refractivity (Wildman–Crippen MR) is 90.4 cm³/mol. The second kappa shape index (κ2) is 8.62. The van der Waals surface area contributed by atoms with Gasteiger partial charge in [0.1, 0.15) is 18.2 Å². The van der Waals surface area contributed by atoms with E-state index in [2.05, 4.69) is 10.6 Å². The summed E-state index contributed by atoms with van der Waals surface area (Å²) in [5, 5.41) is 24.0. The number of nitrogens with one attached hydrogen (secondary N) is 2. The third-order valence-electron chi connectivity index (χ3n) is 4.47. The van der Waals surface area contributed by atoms with Gasteiger partial charge < -0.3 is 25.6 Å². The van der Waals surface area contributed by atoms with E-state index < -0.39 is 42.3 Å². The summed E-state index contributed by atoms with van der Waals surface area (Å²) in [4.78, 5) is 36.1. The van der Waals surface area contributed by atoms with E-state index in [1.165, 1.54) is 0 Å². The van der Waals surface area contributed by atoms with Crippen molar-refractivity contribution in [2.45, 2.75) is 66.0 Å². The lowest BCUT2D eigenvalue weighted by atomic mass is 9.84. The average molecular weight is 358 g/mol. The first-order chi connectivity index (χ1) is 11.5. The number of rotatable bonds is 8. The fraction of sp³-hybridized carbons (Fsp3) is 0.824. The molecule has 4 N–H and O–H groups in total. The van der Waals surface area contributed by atoms with Crippen LogP contribution in [0.4, 0.5) is 0 Å². The van der Waals surface area contributed by atoms with Crippen LogP contribution in [0.25, 0.3) is 0 Å². The first-order valence-electron chi connectivity index (χ1n) is 8.64. The third kappa shape index (κ3) is 5.15. The van der Waals surface area contributed by atoms with Gasteiger partial charge in [-0.3, -0.25) is 9.59 Å². The van der Waals surface area contributed by atoms with Crippen LogP contribution in [0.15, 0.2) is 0 Å². The van der Waals surface area contributed by atoms with Gasteiger partial charge in [0.15, 0.2) is 6.29 Å². The van der Waals surface area contributed by atoms with Gasteiger partial charge in [-0.25, -0.2) is 4.79 Å². The summed E-state index contributed by atoms with van der Waals surface area (Å²) in [7, 11) is 0. The molecule has 0 aromatic rings. The molecule has 5 atom stereocenters. The van der Waals surface area contributed by atoms with E-state index in [-0.39, 0.29) is 23.7 Å². The molecule has 8 heteroatoms. The molecule has 1 fully saturated rings. The van der Waals surface area contributed by atoms with Gasteiger partial charge in [-0.1, -0.05) is 41.5 Å². The van der Waals surface area contributed by atoms with E-state index >= 15 is 0 Å². The van der Waals surface area contributed by atoms with Gasteiger partial charge in [-0.15, -0.1) is 0 Å². The number of ether oxygens (including phenoxy) is 1. The zero-order chi connectivity index (χ0) is 19.5. The second-order valence-corrected chi connectivity index (χ2v) is 7.57. The molecule has 0 spiro atoms. The first-order valence-corrected chi connectivity index (χ1v) is 8.64. The number of carbonyl (C=O) groups excluding carboxylic acids is 2. The minimum atomic E-state index is -1.12. The molecular weight excluding hydrogens is 328 g/mol. The molecule has 8 nitrogen and oxygen atoms in total. The van der Waals surface area contributed by atoms with Crippen LogP contribution < -0.4 is 10.6 Å². The number of hydrogen-bond acceptors (Lipinski definition) is 5. The van der Waals surface area contributed by atoms with Crippen molar-refractivity contribution in [3.8, 4) is 0 Å². The Morgan fingerprint density at radius 3 is 1.80 bits per heavy atom. The first kappa shape index (κ1) is 21.4. The van der Waals surface area contributed by atoms with Crippen LogP contribution >= 0.6 is 0 Å². The van der Waals surface area contributed by atoms with Crippen molar-refractivity contribution in [2.24, 2.45) is 23.7 Å². The second-order valence-electron chi connectivity index (χ2n) is 7.57. The SMILES string of the molecule is CC(C)C1C(O)OC1C(=O)N[C@H](C(=O)N[C@H](C(=O)O)C(C)C)C(C)C. The van der Waals surface area contributed by atoms with Gasteiger partial charge in [0.25, 0.3) is 0 Å². The molecule has 0 aromatic heterocycles. The maximum absolute atomic E-state index is 12.5. The average Bonchev–Trinajstić information content (AvgIpc) is 2.45. The van der Waals surface area contributed by atoms with Crippen molar-refractivity contribution in [3.63, 3.8) is 0 Å². The molecule has 2 amide bonds. The van der Waals surface area contributed by atoms with Crippen molar-refractivity contribution in [2.75, 3.05) is 0 Å². The van der Waals surface area contributed by atoms with Crippen LogP contribution in [0.2, 0.25) is 0 Å². The van der Waals surface area contributed by atoms with E-state index in [4.69, 9.17) is 4.74 Å². The molecule has 144 valence electrons. The number of aliphatic carboxylic acids is 1. The normalized spacial score (nSPS) is 25.4. The minimum absolute atomic E-state index is 0.0446. The molecule has 0 aromatic carbocycles. The van der Waals surface area contributed by atoms with Crippen molar-refractivity contribution in [3.05, 3.63) is 0 Å². The summed E-state index contributed by atoms with van der Waals surface area (Å²) in [5.74, 6) is -2.97. The smallest absolute Gasteiger partial charge is 0.326 e. The van der Waals surface area contributed by atoms with Gasteiger partial charge in [0.05, 0.1) is 0 Å². The summed E-state index contributed by atoms with van der Waals surface area (Å²) in [6.07, 6.45) is -1.80. The summed E-state index contributed by atoms with van der Waals surface area (Å²) in [5.41, 5.74) is 0. The Morgan fingerprint density at radius 2 is 1.44 bits per heavy atom. The Balaban J connectivity index is 2.78. The largest absolute Gasteiger partial charge is 0.480 e. The number of carbonyl (C=O) groups is 3. The molecule has 3 unspecified atom stereocenters. The molecule has 0 bridgehead atoms. The molecule has 0 saturated carbocycles. The number of amides is 2. The number of aliphatic hydroxyl groups excluding tert-OH is 1. The highest BCUT2D eigenvalue weighted by Crippen LogP contribution is 2.33. The van der Waals surface area contributed by atoms with Gasteiger partial charge in [-0.05, 0) is 17.8 Å². The van der Waals surface area contributed by atoms with Crippen LogP contribution in [0.3, 0.4) is 0 Å². The lowest BCUT2D eigenvalue weighted by Gasteiger charge is -2.43. The molecule has 1 aliphatic heterocycles. The van der Waals surface area contributed by atoms with Crippen LogP contribution in [-0.4, -0.2) is 52.5 Å². The Kier molecular flexibility index (Phi) is 7.37. The Labute approximate surface area is 148 Å². The van der Waals surface area contributed by atoms with Crippen molar-refractivity contribution in [1.29, 1.82) is 0 Å². The molecule has 1 saturated heterocycles. The van der Waals surface area contributed by atoms with E-state index in [1.54, 1.807) is 27.7 Å². The summed E-state index contributed by atoms with van der Waals surface area (Å²) in [6, 6.07) is -1.92. The monoisotopic (exact) mass is 358 g/mol. The van der Waals surface area contributed by atoms with E-state index in [0.717, 1.165) is 0 Å². The van der Waals surface area contributed by atoms with E-state index in [1.807, 2.05) is 13.8 Å². The molecule has 25 heavy (non-hydrogen) atoms. The molecule has 0 aliphatic carbocycles. The third-order valence-corrected chi connectivity index (χ3v) is 4.47. The number of hydrogen-bond donors (Lipinski definition) is 4. The van der Waals surface area contributed by atoms with Crippen LogP contribution in [0.1, 0.15) is 41.5 Å². The topological polar surface area (TPSA) is 125 Å². The fourth-order valence-electron chi connectivity index (χ4n) is 2.83. The number of carboxylic acids is 1. The maximum atomic E-state index is 12.5. The zero-order valence-corrected chi connectivity index (χ0v) is 15.6. The maximum Gasteiger partial charge on any atom is 0.326 e. The lowest BCUT2D eigenvalue weighted by Crippen LogP contribution is -2.62. The predicted octanol–water partition coefficient (Wildman–Crippen LogP) is 0.342. The van der Waals surface area contributed by atoms with Crippen LogP contribution in [-0.2, 0) is 19.1 Å². The Hall–Kier alpha value is -1.67. The van der Waals surface area contributed by atoms with E-state index in [0.29, 0.717) is 0 Å². The van der Waals surface area contributed by atoms with Crippen molar-refractivity contribution < 1.29 is 29.3 Å². The molecular formula is C17H30N2O6. The molecule has 0 radical (unpaired) electrons. The molecule has 1 heterocycles. The summed E-state index contributed by atoms with van der Waals surface area (Å²) in [6.45, 7) is 10.7. The minimum Gasteiger partial charge on any atom is -0.480 e. The number of aliphatic hydroxyl groups is 1. The standard InChI is InChI=1S/C17H30N2O6/c1-7(2)10-13(25-17(10)24)15(21)18-11(8(3)4)14(20)19-12(9(5)6)16(22)23/h7-13,17,24H,1-6H3,(H,18,21)(H,19,20)(H,22,23)/t10?,11-,12-,13?,17?/m0/s1. The number of carboxylic acid groups (broad SMARTS) is 1. The summed E-state index contributed by atoms with van der Waals surface area (Å²) >= 11 is 0. The highest BCUT2D eigenvalue weighted by atomic mass is 16.6. The van der Waals surface area contributed by atoms with Gasteiger partial charge in [-0.2, -0.15) is 0 Å². The highest BCUT2D eigenvalue weighted by molar-refractivity contribution is 5.92. The van der Waals surface area contributed by atoms with Crippen molar-refractivity contribution >= 4 is 17.8 Å². The lowest BCUT2D eigenvalue weighted by molar-refractivity contribution is -0.283.